The number of hydrogen-bond acceptors (Lipinski definition) is 2. The van der Waals surface area contributed by atoms with Gasteiger partial charge in [0, 0.05) is 17.1 Å². The molecule has 0 atom stereocenters. The van der Waals surface area contributed by atoms with E-state index in [9.17, 15) is 4.79 Å². The van der Waals surface area contributed by atoms with Crippen LogP contribution in [0.25, 0.3) is 16.9 Å². The lowest BCUT2D eigenvalue weighted by Crippen LogP contribution is -2.29. The molecule has 26 heavy (non-hydrogen) atoms. The third-order valence-corrected chi connectivity index (χ3v) is 4.42. The van der Waals surface area contributed by atoms with Crippen LogP contribution in [0.3, 0.4) is 0 Å². The zero-order valence-corrected chi connectivity index (χ0v) is 16.1. The Kier molecular flexibility index (Phi) is 5.64. The molecular weight excluding hydrogens is 369 g/mol. The van der Waals surface area contributed by atoms with Crippen molar-refractivity contribution in [2.75, 3.05) is 6.54 Å². The Labute approximate surface area is 162 Å². The Morgan fingerprint density at radius 1 is 1.12 bits per heavy atom. The Hall–Kier alpha value is -2.30. The van der Waals surface area contributed by atoms with Crippen LogP contribution in [-0.2, 0) is 0 Å². The van der Waals surface area contributed by atoms with Crippen LogP contribution in [0.15, 0.2) is 54.6 Å². The monoisotopic (exact) mass is 387 g/mol. The highest BCUT2D eigenvalue weighted by Crippen LogP contribution is 2.28. The molecule has 0 aliphatic heterocycles. The van der Waals surface area contributed by atoms with Gasteiger partial charge in [-0.1, -0.05) is 55.2 Å². The summed E-state index contributed by atoms with van der Waals surface area (Å²) in [4.78, 5) is 12.7. The van der Waals surface area contributed by atoms with Crippen LogP contribution in [0.5, 0.6) is 0 Å². The summed E-state index contributed by atoms with van der Waals surface area (Å²) in [6, 6.07) is 16.4. The van der Waals surface area contributed by atoms with Gasteiger partial charge < -0.3 is 5.32 Å². The van der Waals surface area contributed by atoms with Crippen molar-refractivity contribution < 1.29 is 4.79 Å². The van der Waals surface area contributed by atoms with Gasteiger partial charge in [-0.15, -0.1) is 0 Å². The normalized spacial score (nSPS) is 11.0. The lowest BCUT2D eigenvalue weighted by molar-refractivity contribution is 0.0941. The van der Waals surface area contributed by atoms with Gasteiger partial charge in [-0.05, 0) is 42.3 Å². The van der Waals surface area contributed by atoms with Crippen LogP contribution in [-0.4, -0.2) is 22.2 Å². The largest absolute Gasteiger partial charge is 0.350 e. The fraction of sp³-hybridized carbons (Fsp3) is 0.200. The van der Waals surface area contributed by atoms with Gasteiger partial charge in [-0.3, -0.25) is 4.79 Å². The fourth-order valence-corrected chi connectivity index (χ4v) is 2.87. The highest BCUT2D eigenvalue weighted by atomic mass is 35.5. The third kappa shape index (κ3) is 4.09. The van der Waals surface area contributed by atoms with Gasteiger partial charge in [0.1, 0.15) is 5.69 Å². The van der Waals surface area contributed by atoms with Crippen molar-refractivity contribution in [3.05, 3.63) is 70.3 Å². The maximum Gasteiger partial charge on any atom is 0.270 e. The van der Waals surface area contributed by atoms with E-state index in [-0.39, 0.29) is 5.91 Å². The molecule has 0 saturated carbocycles. The maximum atomic E-state index is 12.7. The SMILES string of the molecule is CC(C)CNC(=O)c1cc(-c2ccccc2Cl)nn1-c1ccc(Cl)cc1. The molecule has 1 aromatic heterocycles. The lowest BCUT2D eigenvalue weighted by Gasteiger charge is -2.09. The smallest absolute Gasteiger partial charge is 0.270 e. The number of nitrogens with zero attached hydrogens (tertiary/aromatic N) is 2. The van der Waals surface area contributed by atoms with Crippen LogP contribution < -0.4 is 5.32 Å². The fourth-order valence-electron chi connectivity index (χ4n) is 2.51. The molecule has 0 aliphatic rings. The molecule has 0 aliphatic carbocycles. The van der Waals surface area contributed by atoms with E-state index in [1.54, 1.807) is 28.9 Å². The van der Waals surface area contributed by atoms with E-state index in [1.165, 1.54) is 0 Å². The molecule has 3 rings (SSSR count). The molecule has 1 heterocycles. The van der Waals surface area contributed by atoms with Gasteiger partial charge in [0.25, 0.3) is 5.91 Å². The van der Waals surface area contributed by atoms with Crippen LogP contribution in [0, 0.1) is 5.92 Å². The molecular formula is C20H19Cl2N3O. The number of rotatable bonds is 5. The molecule has 1 N–H and O–H groups in total. The second-order valence-corrected chi connectivity index (χ2v) is 7.23. The molecule has 0 saturated heterocycles. The van der Waals surface area contributed by atoms with E-state index in [1.807, 2.05) is 44.2 Å². The zero-order chi connectivity index (χ0) is 18.7. The van der Waals surface area contributed by atoms with Crippen molar-refractivity contribution in [3.8, 4) is 16.9 Å². The van der Waals surface area contributed by atoms with Crippen molar-refractivity contribution >= 4 is 29.1 Å². The van der Waals surface area contributed by atoms with Gasteiger partial charge in [0.2, 0.25) is 0 Å². The van der Waals surface area contributed by atoms with Crippen molar-refractivity contribution in [2.45, 2.75) is 13.8 Å². The summed E-state index contributed by atoms with van der Waals surface area (Å²) >= 11 is 12.3. The lowest BCUT2D eigenvalue weighted by atomic mass is 10.1. The first kappa shape index (κ1) is 18.5. The Balaban J connectivity index is 2.07. The van der Waals surface area contributed by atoms with Crippen LogP contribution in [0.4, 0.5) is 0 Å². The van der Waals surface area contributed by atoms with Gasteiger partial charge in [0.05, 0.1) is 16.4 Å². The number of carbonyl (C=O) groups excluding carboxylic acids is 1. The average molecular weight is 388 g/mol. The molecule has 134 valence electrons. The number of hydrogen-bond donors (Lipinski definition) is 1. The highest BCUT2D eigenvalue weighted by Gasteiger charge is 2.18. The summed E-state index contributed by atoms with van der Waals surface area (Å²) in [5, 5.41) is 8.77. The number of nitrogens with one attached hydrogen (secondary N) is 1. The van der Waals surface area contributed by atoms with Crippen LogP contribution >= 0.6 is 23.2 Å². The molecule has 1 amide bonds. The topological polar surface area (TPSA) is 46.9 Å². The van der Waals surface area contributed by atoms with E-state index < -0.39 is 0 Å². The second kappa shape index (κ2) is 7.94. The Morgan fingerprint density at radius 2 is 1.81 bits per heavy atom. The molecule has 6 heteroatoms. The molecule has 2 aromatic carbocycles. The van der Waals surface area contributed by atoms with Gasteiger partial charge in [-0.25, -0.2) is 4.68 Å². The number of amides is 1. The summed E-state index contributed by atoms with van der Waals surface area (Å²) in [6.07, 6.45) is 0. The summed E-state index contributed by atoms with van der Waals surface area (Å²) < 4.78 is 1.62. The van der Waals surface area contributed by atoms with Crippen LogP contribution in [0.1, 0.15) is 24.3 Å². The molecule has 0 spiro atoms. The first-order valence-corrected chi connectivity index (χ1v) is 9.10. The first-order chi connectivity index (χ1) is 12.5. The summed E-state index contributed by atoms with van der Waals surface area (Å²) in [6.45, 7) is 4.68. The molecule has 0 fully saturated rings. The van der Waals surface area contributed by atoms with E-state index in [0.29, 0.717) is 33.9 Å². The van der Waals surface area contributed by atoms with E-state index in [2.05, 4.69) is 10.4 Å². The van der Waals surface area contributed by atoms with E-state index in [0.717, 1.165) is 11.3 Å². The van der Waals surface area contributed by atoms with E-state index in [4.69, 9.17) is 23.2 Å². The van der Waals surface area contributed by atoms with Crippen molar-refractivity contribution in [1.29, 1.82) is 0 Å². The third-order valence-electron chi connectivity index (χ3n) is 3.83. The van der Waals surface area contributed by atoms with Crippen molar-refractivity contribution in [1.82, 2.24) is 15.1 Å². The quantitative estimate of drug-likeness (QED) is 0.651. The van der Waals surface area contributed by atoms with Gasteiger partial charge >= 0.3 is 0 Å². The Bertz CT molecular complexity index is 917. The standard InChI is InChI=1S/C20H19Cl2N3O/c1-13(2)12-23-20(26)19-11-18(16-5-3-4-6-17(16)22)24-25(19)15-9-7-14(21)8-10-15/h3-11,13H,12H2,1-2H3,(H,23,26). The van der Waals surface area contributed by atoms with Crippen molar-refractivity contribution in [3.63, 3.8) is 0 Å². The number of carbonyl (C=O) groups is 1. The predicted molar refractivity (Wildman–Crippen MR) is 106 cm³/mol. The first-order valence-electron chi connectivity index (χ1n) is 8.35. The number of halogens is 2. The van der Waals surface area contributed by atoms with Crippen LogP contribution in [0.2, 0.25) is 10.0 Å². The van der Waals surface area contributed by atoms with Gasteiger partial charge in [-0.2, -0.15) is 5.10 Å². The highest BCUT2D eigenvalue weighted by molar-refractivity contribution is 6.33. The number of benzene rings is 2. The minimum atomic E-state index is -0.181. The predicted octanol–water partition coefficient (Wildman–Crippen LogP) is 5.23. The minimum absolute atomic E-state index is 0.181. The molecule has 0 unspecified atom stereocenters. The molecule has 0 radical (unpaired) electrons. The second-order valence-electron chi connectivity index (χ2n) is 6.39. The minimum Gasteiger partial charge on any atom is -0.350 e. The summed E-state index contributed by atoms with van der Waals surface area (Å²) in [7, 11) is 0. The Morgan fingerprint density at radius 3 is 2.46 bits per heavy atom. The van der Waals surface area contributed by atoms with Crippen molar-refractivity contribution in [2.24, 2.45) is 5.92 Å². The zero-order valence-electron chi connectivity index (χ0n) is 14.5. The summed E-state index contributed by atoms with van der Waals surface area (Å²) in [5.41, 5.74) is 2.62. The number of aromatic nitrogens is 2. The molecule has 3 aromatic rings. The maximum absolute atomic E-state index is 12.7. The van der Waals surface area contributed by atoms with E-state index >= 15 is 0 Å². The summed E-state index contributed by atoms with van der Waals surface area (Å²) in [5.74, 6) is 0.174. The molecule has 4 nitrogen and oxygen atoms in total. The molecule has 0 bridgehead atoms. The average Bonchev–Trinajstić information content (AvgIpc) is 3.06. The van der Waals surface area contributed by atoms with Gasteiger partial charge in [0.15, 0.2) is 0 Å².